The standard InChI is InChI=1S/C22H24ClN3O2S/c1-14-5-6-15(2)19(13-14)20(27)16(3)29-22-25-24-21(26(22)11-12-28-4)17-7-9-18(23)10-8-17/h5-10,13,16H,11-12H2,1-4H3. The number of hydrogen-bond donors (Lipinski definition) is 0. The van der Waals surface area contributed by atoms with Crippen molar-refractivity contribution >= 4 is 29.1 Å². The van der Waals surface area contributed by atoms with E-state index in [0.29, 0.717) is 23.3 Å². The van der Waals surface area contributed by atoms with Crippen molar-refractivity contribution in [2.45, 2.75) is 37.7 Å². The molecule has 0 bridgehead atoms. The summed E-state index contributed by atoms with van der Waals surface area (Å²) in [4.78, 5) is 13.0. The van der Waals surface area contributed by atoms with Crippen molar-refractivity contribution in [3.63, 3.8) is 0 Å². The summed E-state index contributed by atoms with van der Waals surface area (Å²) in [6, 6.07) is 13.4. The molecule has 1 aromatic heterocycles. The number of thioether (sulfide) groups is 1. The first-order valence-electron chi connectivity index (χ1n) is 9.37. The second-order valence-electron chi connectivity index (χ2n) is 6.90. The summed E-state index contributed by atoms with van der Waals surface area (Å²) < 4.78 is 7.25. The normalized spacial score (nSPS) is 12.2. The van der Waals surface area contributed by atoms with Crippen molar-refractivity contribution in [1.29, 1.82) is 0 Å². The van der Waals surface area contributed by atoms with Gasteiger partial charge in [0.1, 0.15) is 0 Å². The van der Waals surface area contributed by atoms with E-state index in [1.54, 1.807) is 7.11 Å². The molecule has 0 N–H and O–H groups in total. The van der Waals surface area contributed by atoms with E-state index in [-0.39, 0.29) is 11.0 Å². The predicted octanol–water partition coefficient (Wildman–Crippen LogP) is 5.23. The molecule has 0 saturated heterocycles. The molecular weight excluding hydrogens is 406 g/mol. The Morgan fingerprint density at radius 2 is 1.90 bits per heavy atom. The fourth-order valence-corrected chi connectivity index (χ4v) is 4.07. The van der Waals surface area contributed by atoms with E-state index >= 15 is 0 Å². The number of rotatable bonds is 8. The molecular formula is C22H24ClN3O2S. The lowest BCUT2D eigenvalue weighted by Crippen LogP contribution is -2.17. The smallest absolute Gasteiger partial charge is 0.192 e. The monoisotopic (exact) mass is 429 g/mol. The highest BCUT2D eigenvalue weighted by molar-refractivity contribution is 8.00. The number of Topliss-reactive ketones (excluding diaryl/α,β-unsaturated/α-hetero) is 1. The molecule has 7 heteroatoms. The fourth-order valence-electron chi connectivity index (χ4n) is 3.00. The minimum absolute atomic E-state index is 0.0885. The maximum atomic E-state index is 13.0. The molecule has 1 heterocycles. The van der Waals surface area contributed by atoms with Gasteiger partial charge in [-0.05, 0) is 56.7 Å². The van der Waals surface area contributed by atoms with Crippen LogP contribution < -0.4 is 0 Å². The third kappa shape index (κ3) is 5.07. The van der Waals surface area contributed by atoms with Crippen LogP contribution in [0.25, 0.3) is 11.4 Å². The molecule has 1 unspecified atom stereocenters. The summed E-state index contributed by atoms with van der Waals surface area (Å²) >= 11 is 7.42. The molecule has 0 aliphatic rings. The Morgan fingerprint density at radius 1 is 1.17 bits per heavy atom. The topological polar surface area (TPSA) is 57.0 Å². The van der Waals surface area contributed by atoms with E-state index < -0.39 is 0 Å². The Labute approximate surface area is 180 Å². The highest BCUT2D eigenvalue weighted by Crippen LogP contribution is 2.29. The molecule has 152 valence electrons. The van der Waals surface area contributed by atoms with E-state index in [0.717, 1.165) is 28.1 Å². The van der Waals surface area contributed by atoms with Crippen LogP contribution in [0.1, 0.15) is 28.4 Å². The lowest BCUT2D eigenvalue weighted by molar-refractivity contribution is 0.0993. The summed E-state index contributed by atoms with van der Waals surface area (Å²) in [7, 11) is 1.66. The average Bonchev–Trinajstić information content (AvgIpc) is 3.10. The summed E-state index contributed by atoms with van der Waals surface area (Å²) in [5, 5.41) is 9.79. The Hall–Kier alpha value is -2.15. The lowest BCUT2D eigenvalue weighted by Gasteiger charge is -2.14. The molecule has 3 rings (SSSR count). The molecule has 0 saturated carbocycles. The van der Waals surface area contributed by atoms with Crippen molar-refractivity contribution in [1.82, 2.24) is 14.8 Å². The van der Waals surface area contributed by atoms with Gasteiger partial charge in [0.05, 0.1) is 18.4 Å². The highest BCUT2D eigenvalue weighted by Gasteiger charge is 2.23. The number of carbonyl (C=O) groups is 1. The Kier molecular flexibility index (Phi) is 7.11. The Balaban J connectivity index is 1.88. The predicted molar refractivity (Wildman–Crippen MR) is 118 cm³/mol. The molecule has 2 aromatic carbocycles. The van der Waals surface area contributed by atoms with E-state index in [9.17, 15) is 4.79 Å². The summed E-state index contributed by atoms with van der Waals surface area (Å²) in [5.41, 5.74) is 3.73. The molecule has 0 fully saturated rings. The summed E-state index contributed by atoms with van der Waals surface area (Å²) in [5.74, 6) is 0.818. The zero-order chi connectivity index (χ0) is 21.0. The number of ketones is 1. The first-order valence-corrected chi connectivity index (χ1v) is 10.6. The van der Waals surface area contributed by atoms with Crippen LogP contribution in [0.2, 0.25) is 5.02 Å². The fraction of sp³-hybridized carbons (Fsp3) is 0.318. The van der Waals surface area contributed by atoms with Crippen LogP contribution in [0.5, 0.6) is 0 Å². The third-order valence-corrected chi connectivity index (χ3v) is 5.98. The second kappa shape index (κ2) is 9.57. The van der Waals surface area contributed by atoms with Gasteiger partial charge in [-0.2, -0.15) is 0 Å². The summed E-state index contributed by atoms with van der Waals surface area (Å²) in [6.45, 7) is 6.98. The average molecular weight is 430 g/mol. The molecule has 29 heavy (non-hydrogen) atoms. The van der Waals surface area contributed by atoms with Gasteiger partial charge in [-0.1, -0.05) is 41.1 Å². The molecule has 3 aromatic rings. The molecule has 0 amide bonds. The van der Waals surface area contributed by atoms with Crippen molar-refractivity contribution in [2.75, 3.05) is 13.7 Å². The Bertz CT molecular complexity index is 1000. The van der Waals surface area contributed by atoms with E-state index in [4.69, 9.17) is 16.3 Å². The molecule has 0 aliphatic carbocycles. The van der Waals surface area contributed by atoms with E-state index in [1.807, 2.05) is 67.8 Å². The second-order valence-corrected chi connectivity index (χ2v) is 8.64. The first kappa shape index (κ1) is 21.6. The molecule has 0 spiro atoms. The van der Waals surface area contributed by atoms with Gasteiger partial charge in [0.15, 0.2) is 16.8 Å². The minimum Gasteiger partial charge on any atom is -0.383 e. The number of aryl methyl sites for hydroxylation is 2. The van der Waals surface area contributed by atoms with E-state index in [1.165, 1.54) is 11.8 Å². The number of carbonyl (C=O) groups excluding carboxylic acids is 1. The Morgan fingerprint density at radius 3 is 2.59 bits per heavy atom. The number of hydrogen-bond acceptors (Lipinski definition) is 5. The van der Waals surface area contributed by atoms with Crippen LogP contribution in [0.3, 0.4) is 0 Å². The third-order valence-electron chi connectivity index (χ3n) is 4.65. The van der Waals surface area contributed by atoms with Crippen molar-refractivity contribution in [2.24, 2.45) is 0 Å². The van der Waals surface area contributed by atoms with Gasteiger partial charge in [-0.3, -0.25) is 9.36 Å². The highest BCUT2D eigenvalue weighted by atomic mass is 35.5. The number of nitrogens with zero attached hydrogens (tertiary/aromatic N) is 3. The number of methoxy groups -OCH3 is 1. The number of benzene rings is 2. The largest absolute Gasteiger partial charge is 0.383 e. The molecule has 5 nitrogen and oxygen atoms in total. The lowest BCUT2D eigenvalue weighted by atomic mass is 10.0. The van der Waals surface area contributed by atoms with Crippen LogP contribution in [0, 0.1) is 13.8 Å². The van der Waals surface area contributed by atoms with Crippen LogP contribution >= 0.6 is 23.4 Å². The maximum absolute atomic E-state index is 13.0. The quantitative estimate of drug-likeness (QED) is 0.362. The van der Waals surface area contributed by atoms with Gasteiger partial charge in [-0.15, -0.1) is 10.2 Å². The van der Waals surface area contributed by atoms with Crippen LogP contribution in [-0.2, 0) is 11.3 Å². The van der Waals surface area contributed by atoms with Crippen LogP contribution in [0.15, 0.2) is 47.6 Å². The van der Waals surface area contributed by atoms with Gasteiger partial charge in [-0.25, -0.2) is 0 Å². The zero-order valence-electron chi connectivity index (χ0n) is 17.0. The zero-order valence-corrected chi connectivity index (χ0v) is 18.5. The van der Waals surface area contributed by atoms with E-state index in [2.05, 4.69) is 10.2 Å². The van der Waals surface area contributed by atoms with Crippen molar-refractivity contribution in [3.05, 3.63) is 64.2 Å². The minimum atomic E-state index is -0.293. The maximum Gasteiger partial charge on any atom is 0.192 e. The SMILES string of the molecule is COCCn1c(SC(C)C(=O)c2cc(C)ccc2C)nnc1-c1ccc(Cl)cc1. The first-order chi connectivity index (χ1) is 13.9. The molecule has 0 aliphatic heterocycles. The molecule has 0 radical (unpaired) electrons. The van der Waals surface area contributed by atoms with Gasteiger partial charge in [0, 0.05) is 23.3 Å². The summed E-state index contributed by atoms with van der Waals surface area (Å²) in [6.07, 6.45) is 0. The van der Waals surface area contributed by atoms with Crippen molar-refractivity contribution < 1.29 is 9.53 Å². The van der Waals surface area contributed by atoms with Gasteiger partial charge in [0.2, 0.25) is 0 Å². The number of aromatic nitrogens is 3. The number of ether oxygens (including phenoxy) is 1. The van der Waals surface area contributed by atoms with Crippen LogP contribution in [0.4, 0.5) is 0 Å². The molecule has 1 atom stereocenters. The van der Waals surface area contributed by atoms with Gasteiger partial charge >= 0.3 is 0 Å². The van der Waals surface area contributed by atoms with Gasteiger partial charge in [0.25, 0.3) is 0 Å². The van der Waals surface area contributed by atoms with Crippen LogP contribution in [-0.4, -0.2) is 39.5 Å². The number of halogens is 1. The van der Waals surface area contributed by atoms with Crippen molar-refractivity contribution in [3.8, 4) is 11.4 Å². The van der Waals surface area contributed by atoms with Gasteiger partial charge < -0.3 is 4.74 Å².